The van der Waals surface area contributed by atoms with Crippen LogP contribution in [0.5, 0.6) is 0 Å². The molecule has 2 aliphatic heterocycles. The summed E-state index contributed by atoms with van der Waals surface area (Å²) in [6.07, 6.45) is 2.46. The van der Waals surface area contributed by atoms with Gasteiger partial charge in [-0.15, -0.1) is 34.2 Å². The minimum Gasteiger partial charge on any atom is -0.375 e. The van der Waals surface area contributed by atoms with Crippen molar-refractivity contribution >= 4 is 29.9 Å². The van der Waals surface area contributed by atoms with E-state index in [0.717, 1.165) is 50.1 Å². The zero-order chi connectivity index (χ0) is 20.1. The van der Waals surface area contributed by atoms with E-state index in [0.29, 0.717) is 19.7 Å². The summed E-state index contributed by atoms with van der Waals surface area (Å²) < 4.78 is 13.9. The van der Waals surface area contributed by atoms with Gasteiger partial charge in [-0.1, -0.05) is 30.3 Å². The Kier molecular flexibility index (Phi) is 8.46. The molecule has 2 aliphatic rings. The second-order valence-corrected chi connectivity index (χ2v) is 7.61. The lowest BCUT2D eigenvalue weighted by Gasteiger charge is -2.37. The quantitative estimate of drug-likeness (QED) is 0.366. The van der Waals surface area contributed by atoms with Crippen molar-refractivity contribution in [1.82, 2.24) is 25.0 Å². The molecule has 4 rings (SSSR count). The van der Waals surface area contributed by atoms with Gasteiger partial charge in [0.15, 0.2) is 11.8 Å². The van der Waals surface area contributed by atoms with Crippen molar-refractivity contribution in [2.24, 2.45) is 12.0 Å². The van der Waals surface area contributed by atoms with Gasteiger partial charge < -0.3 is 24.3 Å². The van der Waals surface area contributed by atoms with Crippen LogP contribution < -0.4 is 5.32 Å². The van der Waals surface area contributed by atoms with Gasteiger partial charge in [0, 0.05) is 26.7 Å². The maximum atomic E-state index is 6.01. The largest absolute Gasteiger partial charge is 0.375 e. The Morgan fingerprint density at radius 1 is 1.17 bits per heavy atom. The van der Waals surface area contributed by atoms with Gasteiger partial charge in [0.05, 0.1) is 25.8 Å². The molecule has 0 spiro atoms. The maximum Gasteiger partial charge on any atom is 0.194 e. The molecular weight excluding hydrogens is 495 g/mol. The maximum absolute atomic E-state index is 6.01. The molecule has 2 unspecified atom stereocenters. The molecule has 1 aromatic heterocycles. The van der Waals surface area contributed by atoms with Crippen LogP contribution in [-0.4, -0.2) is 64.1 Å². The highest BCUT2D eigenvalue weighted by Gasteiger charge is 2.32. The van der Waals surface area contributed by atoms with Crippen molar-refractivity contribution in [3.05, 3.63) is 47.5 Å². The second-order valence-electron chi connectivity index (χ2n) is 7.61. The topological polar surface area (TPSA) is 76.8 Å². The first-order chi connectivity index (χ1) is 14.2. The van der Waals surface area contributed by atoms with Crippen LogP contribution in [0.3, 0.4) is 0 Å². The molecule has 0 bridgehead atoms. The molecule has 1 N–H and O–H groups in total. The number of nitrogens with one attached hydrogen (secondary N) is 1. The fourth-order valence-corrected chi connectivity index (χ4v) is 3.77. The van der Waals surface area contributed by atoms with E-state index < -0.39 is 0 Å². The number of hydrogen-bond donors (Lipinski definition) is 1. The molecule has 0 saturated carbocycles. The lowest BCUT2D eigenvalue weighted by molar-refractivity contribution is -0.0817. The third-order valence-electron chi connectivity index (χ3n) is 5.61. The summed E-state index contributed by atoms with van der Waals surface area (Å²) in [6.45, 7) is 6.26. The van der Waals surface area contributed by atoms with E-state index in [1.165, 1.54) is 5.56 Å². The third-order valence-corrected chi connectivity index (χ3v) is 5.61. The van der Waals surface area contributed by atoms with E-state index >= 15 is 0 Å². The molecule has 0 radical (unpaired) electrons. The fraction of sp³-hybridized carbons (Fsp3) is 0.571. The van der Waals surface area contributed by atoms with Crippen LogP contribution in [0.25, 0.3) is 0 Å². The van der Waals surface area contributed by atoms with Gasteiger partial charge in [-0.2, -0.15) is 0 Å². The molecule has 0 aliphatic carbocycles. The average Bonchev–Trinajstić information content (AvgIpc) is 3.41. The number of aryl methyl sites for hydroxylation is 1. The van der Waals surface area contributed by atoms with Crippen LogP contribution in [0.15, 0.2) is 35.3 Å². The Morgan fingerprint density at radius 2 is 1.97 bits per heavy atom. The highest BCUT2D eigenvalue weighted by Crippen LogP contribution is 2.21. The molecule has 2 fully saturated rings. The molecule has 3 heterocycles. The van der Waals surface area contributed by atoms with Crippen LogP contribution in [0.2, 0.25) is 0 Å². The number of guanidine groups is 1. The van der Waals surface area contributed by atoms with Gasteiger partial charge in [-0.05, 0) is 25.3 Å². The third kappa shape index (κ3) is 5.70. The summed E-state index contributed by atoms with van der Waals surface area (Å²) in [6, 6.07) is 10.3. The zero-order valence-corrected chi connectivity index (χ0v) is 20.0. The Hall–Kier alpha value is -1.72. The molecule has 164 valence electrons. The van der Waals surface area contributed by atoms with E-state index in [-0.39, 0.29) is 36.2 Å². The van der Waals surface area contributed by atoms with Crippen LogP contribution in [-0.2, 0) is 29.6 Å². The first-order valence-electron chi connectivity index (χ1n) is 10.4. The van der Waals surface area contributed by atoms with Crippen molar-refractivity contribution in [3.8, 4) is 0 Å². The smallest absolute Gasteiger partial charge is 0.194 e. The molecule has 2 saturated heterocycles. The van der Waals surface area contributed by atoms with Crippen LogP contribution in [0.1, 0.15) is 30.1 Å². The van der Waals surface area contributed by atoms with Crippen molar-refractivity contribution in [1.29, 1.82) is 0 Å². The highest BCUT2D eigenvalue weighted by molar-refractivity contribution is 14.0. The van der Waals surface area contributed by atoms with E-state index in [1.54, 1.807) is 0 Å². The SMILES string of the molecule is Cc1nnc(CNC(=NCc2ccccc2)N2CCOC(C3CCCO3)C2)n1C.I. The van der Waals surface area contributed by atoms with Crippen molar-refractivity contribution in [3.63, 3.8) is 0 Å². The van der Waals surface area contributed by atoms with E-state index in [4.69, 9.17) is 14.5 Å². The minimum atomic E-state index is 0. The van der Waals surface area contributed by atoms with Gasteiger partial charge in [0.2, 0.25) is 0 Å². The summed E-state index contributed by atoms with van der Waals surface area (Å²) in [7, 11) is 1.98. The van der Waals surface area contributed by atoms with Crippen molar-refractivity contribution in [2.75, 3.05) is 26.3 Å². The zero-order valence-electron chi connectivity index (χ0n) is 17.7. The Bertz CT molecular complexity index is 822. The molecule has 0 amide bonds. The number of halogens is 1. The number of aromatic nitrogens is 3. The first kappa shape index (κ1) is 23.0. The lowest BCUT2D eigenvalue weighted by atomic mass is 10.1. The minimum absolute atomic E-state index is 0. The van der Waals surface area contributed by atoms with Gasteiger partial charge in [-0.25, -0.2) is 4.99 Å². The number of nitrogens with zero attached hydrogens (tertiary/aromatic N) is 5. The van der Waals surface area contributed by atoms with Crippen LogP contribution in [0.4, 0.5) is 0 Å². The van der Waals surface area contributed by atoms with Crippen molar-refractivity contribution < 1.29 is 9.47 Å². The average molecular weight is 526 g/mol. The highest BCUT2D eigenvalue weighted by atomic mass is 127. The molecule has 30 heavy (non-hydrogen) atoms. The van der Waals surface area contributed by atoms with E-state index in [9.17, 15) is 0 Å². The number of hydrogen-bond acceptors (Lipinski definition) is 5. The molecule has 9 heteroatoms. The number of benzene rings is 1. The van der Waals surface area contributed by atoms with Gasteiger partial charge in [0.1, 0.15) is 11.9 Å². The van der Waals surface area contributed by atoms with Gasteiger partial charge >= 0.3 is 0 Å². The summed E-state index contributed by atoms with van der Waals surface area (Å²) in [5, 5.41) is 11.9. The van der Waals surface area contributed by atoms with Gasteiger partial charge in [-0.3, -0.25) is 0 Å². The van der Waals surface area contributed by atoms with Crippen molar-refractivity contribution in [2.45, 2.75) is 45.1 Å². The molecule has 8 nitrogen and oxygen atoms in total. The van der Waals surface area contributed by atoms with Crippen LogP contribution >= 0.6 is 24.0 Å². The first-order valence-corrected chi connectivity index (χ1v) is 10.4. The normalized spacial score (nSPS) is 22.1. The standard InChI is InChI=1S/C21H30N6O2.HI/c1-16-24-25-20(26(16)2)14-23-21(22-13-17-7-4-3-5-8-17)27-10-12-29-19(15-27)18-9-6-11-28-18;/h3-5,7-8,18-19H,6,9-15H2,1-2H3,(H,22,23);1H. The summed E-state index contributed by atoms with van der Waals surface area (Å²) in [4.78, 5) is 7.19. The van der Waals surface area contributed by atoms with Gasteiger partial charge in [0.25, 0.3) is 0 Å². The van der Waals surface area contributed by atoms with E-state index in [1.807, 2.05) is 36.7 Å². The molecule has 2 atom stereocenters. The monoisotopic (exact) mass is 526 g/mol. The molecule has 1 aromatic carbocycles. The summed E-state index contributed by atoms with van der Waals surface area (Å²) >= 11 is 0. The number of rotatable bonds is 5. The van der Waals surface area contributed by atoms with Crippen LogP contribution in [0, 0.1) is 6.92 Å². The fourth-order valence-electron chi connectivity index (χ4n) is 3.77. The second kappa shape index (κ2) is 11.1. The van der Waals surface area contributed by atoms with E-state index in [2.05, 4.69) is 32.5 Å². The lowest BCUT2D eigenvalue weighted by Crippen LogP contribution is -2.53. The number of ether oxygens (including phenoxy) is 2. The molecular formula is C21H31IN6O2. The Balaban J connectivity index is 0.00000256. The predicted molar refractivity (Wildman–Crippen MR) is 126 cm³/mol. The Morgan fingerprint density at radius 3 is 2.67 bits per heavy atom. The summed E-state index contributed by atoms with van der Waals surface area (Å²) in [5.74, 6) is 2.66. The number of aliphatic imine (C=N–C) groups is 1. The summed E-state index contributed by atoms with van der Waals surface area (Å²) in [5.41, 5.74) is 1.19. The predicted octanol–water partition coefficient (Wildman–Crippen LogP) is 2.27. The molecule has 2 aromatic rings. The number of morpholine rings is 1. The Labute approximate surface area is 195 Å².